The average Bonchev–Trinajstić information content (AvgIpc) is 3.16. The largest absolute Gasteiger partial charge is 0.465 e. The average molecular weight is 566 g/mol. The predicted molar refractivity (Wildman–Crippen MR) is 139 cm³/mol. The topological polar surface area (TPSA) is 107 Å². The maximum atomic E-state index is 13.0. The van der Waals surface area contributed by atoms with Crippen molar-refractivity contribution in [3.63, 3.8) is 0 Å². The van der Waals surface area contributed by atoms with Gasteiger partial charge in [0, 0.05) is 4.47 Å². The monoisotopic (exact) mass is 564 g/mol. The number of halogens is 1. The van der Waals surface area contributed by atoms with E-state index in [0.29, 0.717) is 24.5 Å². The van der Waals surface area contributed by atoms with Crippen molar-refractivity contribution in [1.82, 2.24) is 0 Å². The number of benzene rings is 1. The number of ether oxygens (including phenoxy) is 1. The van der Waals surface area contributed by atoms with E-state index in [9.17, 15) is 25.2 Å². The van der Waals surface area contributed by atoms with Gasteiger partial charge in [-0.1, -0.05) is 48.8 Å². The molecular formula is C29H41BrO6. The lowest BCUT2D eigenvalue weighted by Crippen LogP contribution is -2.54. The normalized spacial score (nSPS) is 44.9. The van der Waals surface area contributed by atoms with Gasteiger partial charge in [-0.3, -0.25) is 4.79 Å². The Bertz CT molecular complexity index is 969. The van der Waals surface area contributed by atoms with Crippen LogP contribution in [0.4, 0.5) is 0 Å². The molecule has 0 amide bonds. The third kappa shape index (κ3) is 4.17. The summed E-state index contributed by atoms with van der Waals surface area (Å²) in [7, 11) is 0. The minimum Gasteiger partial charge on any atom is -0.465 e. The molecule has 36 heavy (non-hydrogen) atoms. The zero-order chi connectivity index (χ0) is 26.0. The summed E-state index contributed by atoms with van der Waals surface area (Å²) in [6.07, 6.45) is 1.12. The number of esters is 1. The summed E-state index contributed by atoms with van der Waals surface area (Å²) in [6, 6.07) is 7.46. The SMILES string of the molecule is C[C@H]([C@@H](O)[C@H](O)c1ccc(Br)cc1)[C@H]1CC[C@H]2[C@@H]3COC(=O)C4C[C@H](O)[C@H](O)C[C@]4(C)[C@H]3CC[C@]12C. The van der Waals surface area contributed by atoms with E-state index in [-0.39, 0.29) is 52.8 Å². The number of cyclic esters (lactones) is 1. The van der Waals surface area contributed by atoms with Crippen LogP contribution >= 0.6 is 15.9 Å². The number of carbonyl (C=O) groups excluding carboxylic acids is 1. The summed E-state index contributed by atoms with van der Waals surface area (Å²) in [5, 5.41) is 43.1. The van der Waals surface area contributed by atoms with E-state index in [1.54, 1.807) is 0 Å². The van der Waals surface area contributed by atoms with Crippen molar-refractivity contribution >= 4 is 21.9 Å². The molecule has 4 N–H and O–H groups in total. The lowest BCUT2D eigenvalue weighted by molar-refractivity contribution is -0.162. The summed E-state index contributed by atoms with van der Waals surface area (Å²) in [5.41, 5.74) is 0.309. The summed E-state index contributed by atoms with van der Waals surface area (Å²) in [4.78, 5) is 13.0. The Balaban J connectivity index is 1.38. The van der Waals surface area contributed by atoms with Gasteiger partial charge in [-0.25, -0.2) is 0 Å². The lowest BCUT2D eigenvalue weighted by Gasteiger charge is -2.56. The molecule has 1 aromatic rings. The highest BCUT2D eigenvalue weighted by atomic mass is 79.9. The highest BCUT2D eigenvalue weighted by Crippen LogP contribution is 2.66. The van der Waals surface area contributed by atoms with E-state index >= 15 is 0 Å². The number of aliphatic hydroxyl groups excluding tert-OH is 4. The molecule has 1 saturated heterocycles. The summed E-state index contributed by atoms with van der Waals surface area (Å²) < 4.78 is 6.80. The minimum absolute atomic E-state index is 0.0175. The Morgan fingerprint density at radius 2 is 1.67 bits per heavy atom. The van der Waals surface area contributed by atoms with Crippen LogP contribution < -0.4 is 0 Å². The fraction of sp³-hybridized carbons (Fsp3) is 0.759. The second-order valence-corrected chi connectivity index (χ2v) is 13.6. The standard InChI is InChI=1S/C29H41BrO6/c1-15(25(33)26(34)16-4-6-17(30)7-5-16)19-8-9-20-18-14-36-27(35)22-12-23(31)24(32)13-29(22,3)21(18)10-11-28(19,20)2/h4-7,15,18-26,31-34H,8-14H2,1-3H3/t15-,18-,19+,20-,21-,22?,23-,24+,25+,26+,28+,29+/m0/s1. The molecule has 5 rings (SSSR count). The second-order valence-electron chi connectivity index (χ2n) is 12.7. The minimum atomic E-state index is -0.944. The molecule has 0 aromatic heterocycles. The molecule has 0 bridgehead atoms. The van der Waals surface area contributed by atoms with Gasteiger partial charge in [0.05, 0.1) is 30.8 Å². The van der Waals surface area contributed by atoms with Crippen LogP contribution in [-0.4, -0.2) is 51.3 Å². The van der Waals surface area contributed by atoms with Crippen LogP contribution in [0.25, 0.3) is 0 Å². The van der Waals surface area contributed by atoms with Gasteiger partial charge in [0.15, 0.2) is 0 Å². The van der Waals surface area contributed by atoms with E-state index in [1.807, 2.05) is 24.3 Å². The zero-order valence-corrected chi connectivity index (χ0v) is 23.1. The van der Waals surface area contributed by atoms with Gasteiger partial charge < -0.3 is 25.2 Å². The van der Waals surface area contributed by atoms with Crippen molar-refractivity contribution < 1.29 is 30.0 Å². The van der Waals surface area contributed by atoms with Gasteiger partial charge in [-0.05, 0) is 96.6 Å². The fourth-order valence-electron chi connectivity index (χ4n) is 9.08. The number of hydrogen-bond acceptors (Lipinski definition) is 6. The Kier molecular flexibility index (Phi) is 7.12. The van der Waals surface area contributed by atoms with E-state index in [0.717, 1.165) is 30.2 Å². The van der Waals surface area contributed by atoms with Gasteiger partial charge in [0.1, 0.15) is 6.10 Å². The quantitative estimate of drug-likeness (QED) is 0.407. The lowest BCUT2D eigenvalue weighted by atomic mass is 9.48. The Hall–Kier alpha value is -0.990. The first kappa shape index (κ1) is 26.6. The highest BCUT2D eigenvalue weighted by molar-refractivity contribution is 9.10. The van der Waals surface area contributed by atoms with Crippen LogP contribution in [0.5, 0.6) is 0 Å². The van der Waals surface area contributed by atoms with Crippen LogP contribution in [0.1, 0.15) is 71.0 Å². The molecule has 3 saturated carbocycles. The van der Waals surface area contributed by atoms with E-state index in [1.165, 1.54) is 0 Å². The molecule has 7 heteroatoms. The second kappa shape index (κ2) is 9.64. The van der Waals surface area contributed by atoms with Crippen molar-refractivity contribution in [3.8, 4) is 0 Å². The molecule has 1 aliphatic heterocycles. The summed E-state index contributed by atoms with van der Waals surface area (Å²) in [5.74, 6) is 0.374. The third-order valence-electron chi connectivity index (χ3n) is 11.1. The first-order chi connectivity index (χ1) is 17.0. The van der Waals surface area contributed by atoms with Gasteiger partial charge in [-0.15, -0.1) is 0 Å². The molecule has 0 radical (unpaired) electrons. The van der Waals surface area contributed by atoms with Gasteiger partial charge in [-0.2, -0.15) is 0 Å². The number of carbonyl (C=O) groups is 1. The van der Waals surface area contributed by atoms with Crippen LogP contribution in [0, 0.1) is 46.3 Å². The Labute approximate surface area is 222 Å². The first-order valence-corrected chi connectivity index (χ1v) is 14.4. The molecular weight excluding hydrogens is 524 g/mol. The molecule has 0 spiro atoms. The molecule has 6 nitrogen and oxygen atoms in total. The maximum Gasteiger partial charge on any atom is 0.309 e. The molecule has 1 aromatic carbocycles. The molecule has 200 valence electrons. The number of aliphatic hydroxyl groups is 4. The summed E-state index contributed by atoms with van der Waals surface area (Å²) in [6.45, 7) is 6.94. The predicted octanol–water partition coefficient (Wildman–Crippen LogP) is 4.23. The van der Waals surface area contributed by atoms with Crippen LogP contribution in [0.2, 0.25) is 0 Å². The van der Waals surface area contributed by atoms with E-state index < -0.39 is 24.4 Å². The van der Waals surface area contributed by atoms with Crippen molar-refractivity contribution in [2.24, 2.45) is 46.3 Å². The molecule has 4 aliphatic rings. The van der Waals surface area contributed by atoms with Crippen molar-refractivity contribution in [2.45, 2.75) is 83.7 Å². The van der Waals surface area contributed by atoms with Crippen LogP contribution in [0.3, 0.4) is 0 Å². The van der Waals surface area contributed by atoms with Crippen molar-refractivity contribution in [2.75, 3.05) is 6.61 Å². The number of fused-ring (bicyclic) bond motifs is 5. The van der Waals surface area contributed by atoms with Gasteiger partial charge in [0.25, 0.3) is 0 Å². The maximum absolute atomic E-state index is 13.0. The molecule has 12 atom stereocenters. The number of rotatable bonds is 4. The fourth-order valence-corrected chi connectivity index (χ4v) is 9.34. The van der Waals surface area contributed by atoms with Gasteiger partial charge in [0.2, 0.25) is 0 Å². The third-order valence-corrected chi connectivity index (χ3v) is 11.7. The summed E-state index contributed by atoms with van der Waals surface area (Å²) >= 11 is 3.43. The van der Waals surface area contributed by atoms with Crippen molar-refractivity contribution in [3.05, 3.63) is 34.3 Å². The van der Waals surface area contributed by atoms with Crippen LogP contribution in [0.15, 0.2) is 28.7 Å². The Morgan fingerprint density at radius 1 is 1.00 bits per heavy atom. The van der Waals surface area contributed by atoms with Crippen molar-refractivity contribution in [1.29, 1.82) is 0 Å². The molecule has 3 aliphatic carbocycles. The Morgan fingerprint density at radius 3 is 2.36 bits per heavy atom. The smallest absolute Gasteiger partial charge is 0.309 e. The molecule has 1 unspecified atom stereocenters. The van der Waals surface area contributed by atoms with Gasteiger partial charge >= 0.3 is 5.97 Å². The highest BCUT2D eigenvalue weighted by Gasteiger charge is 2.63. The molecule has 4 fully saturated rings. The molecule has 1 heterocycles. The van der Waals surface area contributed by atoms with E-state index in [4.69, 9.17) is 4.74 Å². The first-order valence-electron chi connectivity index (χ1n) is 13.6. The number of hydrogen-bond donors (Lipinski definition) is 4. The van der Waals surface area contributed by atoms with Crippen LogP contribution in [-0.2, 0) is 9.53 Å². The zero-order valence-electron chi connectivity index (χ0n) is 21.5. The van der Waals surface area contributed by atoms with E-state index in [2.05, 4.69) is 36.7 Å².